The zero-order valence-electron chi connectivity index (χ0n) is 9.28. The van der Waals surface area contributed by atoms with E-state index in [1.165, 1.54) is 6.07 Å². The fourth-order valence-electron chi connectivity index (χ4n) is 1.46. The first kappa shape index (κ1) is 12.5. The highest BCUT2D eigenvalue weighted by Gasteiger charge is 2.13. The summed E-state index contributed by atoms with van der Waals surface area (Å²) in [5.41, 5.74) is 0.534. The average molecular weight is 312 g/mol. The molecule has 0 amide bonds. The van der Waals surface area contributed by atoms with Gasteiger partial charge in [0.15, 0.2) is 0 Å². The number of nitrogens with one attached hydrogen (secondary N) is 1. The predicted octanol–water partition coefficient (Wildman–Crippen LogP) is 2.06. The summed E-state index contributed by atoms with van der Waals surface area (Å²) in [5.74, 6) is 0. The second kappa shape index (κ2) is 5.58. The zero-order chi connectivity index (χ0) is 13.0. The molecule has 0 fully saturated rings. The van der Waals surface area contributed by atoms with Crippen LogP contribution in [-0.2, 0) is 6.54 Å². The number of hydrogen-bond acceptors (Lipinski definition) is 5. The van der Waals surface area contributed by atoms with Crippen molar-refractivity contribution in [2.75, 3.05) is 11.9 Å². The second-order valence-electron chi connectivity index (χ2n) is 3.51. The van der Waals surface area contributed by atoms with E-state index in [0.717, 1.165) is 0 Å². The van der Waals surface area contributed by atoms with E-state index in [-0.39, 0.29) is 5.69 Å². The van der Waals surface area contributed by atoms with Crippen molar-refractivity contribution in [3.05, 3.63) is 45.2 Å². The minimum absolute atomic E-state index is 0.0444. The number of nitrogens with zero attached hydrogens (tertiary/aromatic N) is 4. The SMILES string of the molecule is O=[N+]([O-])c1cc(Br)ccc1NCCn1ccnn1. The van der Waals surface area contributed by atoms with E-state index in [9.17, 15) is 10.1 Å². The summed E-state index contributed by atoms with van der Waals surface area (Å²) < 4.78 is 2.33. The molecule has 18 heavy (non-hydrogen) atoms. The molecule has 0 radical (unpaired) electrons. The van der Waals surface area contributed by atoms with Crippen LogP contribution >= 0.6 is 15.9 Å². The zero-order valence-corrected chi connectivity index (χ0v) is 10.9. The molecule has 0 bridgehead atoms. The standard InChI is InChI=1S/C10H10BrN5O2/c11-8-1-2-9(10(7-8)16(17)18)12-3-5-15-6-4-13-14-15/h1-2,4,6-7,12H,3,5H2. The topological polar surface area (TPSA) is 85.9 Å². The van der Waals surface area contributed by atoms with Gasteiger partial charge < -0.3 is 5.32 Å². The lowest BCUT2D eigenvalue weighted by atomic mass is 10.2. The van der Waals surface area contributed by atoms with Gasteiger partial charge in [0.2, 0.25) is 0 Å². The molecule has 2 aromatic rings. The highest BCUT2D eigenvalue weighted by Crippen LogP contribution is 2.27. The number of nitro benzene ring substituents is 1. The summed E-state index contributed by atoms with van der Waals surface area (Å²) in [7, 11) is 0. The molecule has 0 saturated carbocycles. The Bertz CT molecular complexity index is 543. The molecule has 1 aromatic carbocycles. The normalized spacial score (nSPS) is 10.3. The molecule has 8 heteroatoms. The van der Waals surface area contributed by atoms with E-state index >= 15 is 0 Å². The van der Waals surface area contributed by atoms with Gasteiger partial charge in [0.25, 0.3) is 5.69 Å². The third-order valence-electron chi connectivity index (χ3n) is 2.28. The number of anilines is 1. The average Bonchev–Trinajstić information content (AvgIpc) is 2.84. The maximum absolute atomic E-state index is 10.9. The van der Waals surface area contributed by atoms with E-state index in [1.54, 1.807) is 29.2 Å². The van der Waals surface area contributed by atoms with E-state index in [1.807, 2.05) is 0 Å². The van der Waals surface area contributed by atoms with E-state index in [0.29, 0.717) is 23.2 Å². The van der Waals surface area contributed by atoms with Crippen molar-refractivity contribution in [3.63, 3.8) is 0 Å². The summed E-state index contributed by atoms with van der Waals surface area (Å²) >= 11 is 3.21. The first-order chi connectivity index (χ1) is 8.66. The molecular formula is C10H10BrN5O2. The molecule has 7 nitrogen and oxygen atoms in total. The first-order valence-electron chi connectivity index (χ1n) is 5.19. The number of halogens is 1. The molecule has 2 rings (SSSR count). The Balaban J connectivity index is 2.02. The van der Waals surface area contributed by atoms with Crippen LogP contribution in [0.3, 0.4) is 0 Å². The molecule has 0 atom stereocenters. The predicted molar refractivity (Wildman–Crippen MR) is 69.3 cm³/mol. The van der Waals surface area contributed by atoms with Gasteiger partial charge in [0, 0.05) is 23.3 Å². The third-order valence-corrected chi connectivity index (χ3v) is 2.78. The second-order valence-corrected chi connectivity index (χ2v) is 4.43. The van der Waals surface area contributed by atoms with Crippen molar-refractivity contribution in [2.24, 2.45) is 0 Å². The maximum Gasteiger partial charge on any atom is 0.293 e. The summed E-state index contributed by atoms with van der Waals surface area (Å²) in [6.45, 7) is 1.12. The van der Waals surface area contributed by atoms with E-state index < -0.39 is 4.92 Å². The number of nitro groups is 1. The molecule has 0 spiro atoms. The molecule has 94 valence electrons. The highest BCUT2D eigenvalue weighted by atomic mass is 79.9. The summed E-state index contributed by atoms with van der Waals surface area (Å²) in [6, 6.07) is 4.89. The van der Waals surface area contributed by atoms with Gasteiger partial charge in [0.1, 0.15) is 5.69 Å². The van der Waals surface area contributed by atoms with Crippen molar-refractivity contribution in [2.45, 2.75) is 6.54 Å². The van der Waals surface area contributed by atoms with Gasteiger partial charge in [-0.15, -0.1) is 5.10 Å². The molecule has 1 heterocycles. The number of aromatic nitrogens is 3. The van der Waals surface area contributed by atoms with Gasteiger partial charge in [-0.25, -0.2) is 0 Å². The van der Waals surface area contributed by atoms with Gasteiger partial charge in [-0.05, 0) is 12.1 Å². The van der Waals surface area contributed by atoms with Crippen LogP contribution in [0.25, 0.3) is 0 Å². The molecule has 0 unspecified atom stereocenters. The monoisotopic (exact) mass is 311 g/mol. The van der Waals surface area contributed by atoms with Crippen molar-refractivity contribution >= 4 is 27.3 Å². The van der Waals surface area contributed by atoms with Gasteiger partial charge in [-0.1, -0.05) is 21.1 Å². The highest BCUT2D eigenvalue weighted by molar-refractivity contribution is 9.10. The molecule has 0 saturated heterocycles. The lowest BCUT2D eigenvalue weighted by Gasteiger charge is -2.07. The van der Waals surface area contributed by atoms with Crippen LogP contribution in [-0.4, -0.2) is 26.5 Å². The van der Waals surface area contributed by atoms with E-state index in [2.05, 4.69) is 31.6 Å². The Morgan fingerprint density at radius 2 is 2.33 bits per heavy atom. The number of benzene rings is 1. The molecular weight excluding hydrogens is 302 g/mol. The Hall–Kier alpha value is -1.96. The molecule has 1 aromatic heterocycles. The van der Waals surface area contributed by atoms with Crippen LogP contribution in [0.5, 0.6) is 0 Å². The van der Waals surface area contributed by atoms with Crippen molar-refractivity contribution in [3.8, 4) is 0 Å². The Morgan fingerprint density at radius 3 is 3.00 bits per heavy atom. The quantitative estimate of drug-likeness (QED) is 0.674. The lowest BCUT2D eigenvalue weighted by molar-refractivity contribution is -0.384. The van der Waals surface area contributed by atoms with E-state index in [4.69, 9.17) is 0 Å². The Labute approximate surface area is 111 Å². The van der Waals surface area contributed by atoms with Crippen LogP contribution < -0.4 is 5.32 Å². The molecule has 1 N–H and O–H groups in total. The fourth-order valence-corrected chi connectivity index (χ4v) is 1.81. The first-order valence-corrected chi connectivity index (χ1v) is 5.98. The van der Waals surface area contributed by atoms with Crippen LogP contribution in [0.4, 0.5) is 11.4 Å². The van der Waals surface area contributed by atoms with Gasteiger partial charge in [-0.3, -0.25) is 14.8 Å². The van der Waals surface area contributed by atoms with Crippen LogP contribution in [0, 0.1) is 10.1 Å². The fraction of sp³-hybridized carbons (Fsp3) is 0.200. The summed E-state index contributed by atoms with van der Waals surface area (Å²) in [4.78, 5) is 10.5. The number of hydrogen-bond donors (Lipinski definition) is 1. The molecule has 0 aliphatic carbocycles. The lowest BCUT2D eigenvalue weighted by Crippen LogP contribution is -2.12. The van der Waals surface area contributed by atoms with Gasteiger partial charge in [-0.2, -0.15) is 0 Å². The summed E-state index contributed by atoms with van der Waals surface area (Å²) in [6.07, 6.45) is 3.32. The Kier molecular flexibility index (Phi) is 3.88. The van der Waals surface area contributed by atoms with Crippen molar-refractivity contribution in [1.29, 1.82) is 0 Å². The molecule has 0 aliphatic rings. The van der Waals surface area contributed by atoms with Crippen molar-refractivity contribution < 1.29 is 4.92 Å². The maximum atomic E-state index is 10.9. The minimum atomic E-state index is -0.414. The minimum Gasteiger partial charge on any atom is -0.378 e. The van der Waals surface area contributed by atoms with Crippen LogP contribution in [0.15, 0.2) is 35.1 Å². The Morgan fingerprint density at radius 1 is 1.50 bits per heavy atom. The van der Waals surface area contributed by atoms with Gasteiger partial charge in [0.05, 0.1) is 17.7 Å². The largest absolute Gasteiger partial charge is 0.378 e. The molecule has 0 aliphatic heterocycles. The van der Waals surface area contributed by atoms with Crippen molar-refractivity contribution in [1.82, 2.24) is 15.0 Å². The third kappa shape index (κ3) is 3.04. The van der Waals surface area contributed by atoms with Crippen LogP contribution in [0.2, 0.25) is 0 Å². The van der Waals surface area contributed by atoms with Crippen LogP contribution in [0.1, 0.15) is 0 Å². The smallest absolute Gasteiger partial charge is 0.293 e. The number of rotatable bonds is 5. The van der Waals surface area contributed by atoms with Gasteiger partial charge >= 0.3 is 0 Å². The summed E-state index contributed by atoms with van der Waals surface area (Å²) in [5, 5.41) is 21.4.